The Balaban J connectivity index is 2.06. The molecule has 0 aliphatic heterocycles. The minimum Gasteiger partial charge on any atom is -0.467 e. The molecule has 2 amide bonds. The van der Waals surface area contributed by atoms with Crippen molar-refractivity contribution in [3.05, 3.63) is 65.7 Å². The van der Waals surface area contributed by atoms with Crippen molar-refractivity contribution in [2.75, 3.05) is 21.3 Å². The molecule has 0 fully saturated rings. The highest BCUT2D eigenvalue weighted by atomic mass is 16.6. The van der Waals surface area contributed by atoms with Crippen molar-refractivity contribution in [3.63, 3.8) is 0 Å². The number of hydrogen-bond donors (Lipinski definition) is 2. The average Bonchev–Trinajstić information content (AvgIpc) is 2.88. The lowest BCUT2D eigenvalue weighted by molar-refractivity contribution is -0.145. The molecule has 0 saturated carbocycles. The summed E-state index contributed by atoms with van der Waals surface area (Å²) in [7, 11) is 3.85. The molecule has 0 unspecified atom stereocenters. The van der Waals surface area contributed by atoms with Crippen LogP contribution in [-0.2, 0) is 41.4 Å². The van der Waals surface area contributed by atoms with Gasteiger partial charge in [-0.05, 0) is 28.9 Å². The summed E-state index contributed by atoms with van der Waals surface area (Å²) < 4.78 is 20.7. The van der Waals surface area contributed by atoms with Gasteiger partial charge in [0.2, 0.25) is 5.91 Å². The molecule has 2 aromatic rings. The lowest BCUT2D eigenvalue weighted by Crippen LogP contribution is -2.53. The van der Waals surface area contributed by atoms with Crippen LogP contribution in [0.4, 0.5) is 4.79 Å². The van der Waals surface area contributed by atoms with Crippen LogP contribution in [0.3, 0.4) is 0 Å². The molecule has 36 heavy (non-hydrogen) atoms. The van der Waals surface area contributed by atoms with E-state index in [2.05, 4.69) is 10.6 Å². The molecule has 0 aliphatic rings. The number of methoxy groups -OCH3 is 1. The van der Waals surface area contributed by atoms with Crippen molar-refractivity contribution >= 4 is 30.6 Å². The number of nitrogens with one attached hydrogen (secondary N) is 2. The van der Waals surface area contributed by atoms with E-state index in [4.69, 9.17) is 18.8 Å². The number of carbonyl (C=O) groups excluding carboxylic acids is 3. The third-order valence-electron chi connectivity index (χ3n) is 5.45. The predicted octanol–water partition coefficient (Wildman–Crippen LogP) is 2.22. The molecule has 0 heterocycles. The molecule has 2 atom stereocenters. The Morgan fingerprint density at radius 1 is 0.833 bits per heavy atom. The molecule has 0 aliphatic carbocycles. The zero-order valence-electron chi connectivity index (χ0n) is 21.5. The van der Waals surface area contributed by atoms with Crippen LogP contribution in [0.25, 0.3) is 0 Å². The maximum absolute atomic E-state index is 13.1. The summed E-state index contributed by atoms with van der Waals surface area (Å²) in [5, 5.41) is 5.35. The van der Waals surface area contributed by atoms with Gasteiger partial charge in [0, 0.05) is 20.6 Å². The van der Waals surface area contributed by atoms with Gasteiger partial charge in [-0.2, -0.15) is 0 Å². The normalized spacial score (nSPS) is 12.4. The van der Waals surface area contributed by atoms with Gasteiger partial charge in [-0.15, -0.1) is 0 Å². The number of amides is 2. The summed E-state index contributed by atoms with van der Waals surface area (Å²) in [4.78, 5) is 38.0. The Kier molecular flexibility index (Phi) is 12.0. The van der Waals surface area contributed by atoms with Gasteiger partial charge in [-0.3, -0.25) is 4.79 Å². The van der Waals surface area contributed by atoms with E-state index in [1.807, 2.05) is 68.4 Å². The van der Waals surface area contributed by atoms with Gasteiger partial charge in [0.1, 0.15) is 18.7 Å². The summed E-state index contributed by atoms with van der Waals surface area (Å²) in [6, 6.07) is 14.7. The maximum atomic E-state index is 13.1. The van der Waals surface area contributed by atoms with E-state index >= 15 is 0 Å². The second-order valence-electron chi connectivity index (χ2n) is 8.72. The van der Waals surface area contributed by atoms with Gasteiger partial charge in [0.05, 0.1) is 7.11 Å². The van der Waals surface area contributed by atoms with Crippen LogP contribution in [0.1, 0.15) is 31.4 Å². The highest BCUT2D eigenvalue weighted by Crippen LogP contribution is 2.09. The Hall–Kier alpha value is -3.37. The van der Waals surface area contributed by atoms with Gasteiger partial charge in [-0.25, -0.2) is 9.59 Å². The van der Waals surface area contributed by atoms with Crippen LogP contribution in [-0.4, -0.2) is 58.5 Å². The second kappa shape index (κ2) is 14.9. The maximum Gasteiger partial charge on any atom is 0.493 e. The monoisotopic (exact) mass is 498 g/mol. The molecular formula is C26H35BN2O7. The van der Waals surface area contributed by atoms with Crippen LogP contribution in [0.2, 0.25) is 0 Å². The van der Waals surface area contributed by atoms with Gasteiger partial charge in [0.15, 0.2) is 0 Å². The first-order valence-corrected chi connectivity index (χ1v) is 11.8. The topological polar surface area (TPSA) is 112 Å². The minimum absolute atomic E-state index is 0.0798. The van der Waals surface area contributed by atoms with E-state index in [1.54, 1.807) is 14.2 Å². The van der Waals surface area contributed by atoms with E-state index in [0.29, 0.717) is 6.42 Å². The number of hydrogen-bond acceptors (Lipinski definition) is 7. The number of esters is 1. The van der Waals surface area contributed by atoms with E-state index in [1.165, 1.54) is 7.11 Å². The molecular weight excluding hydrogens is 463 g/mol. The molecule has 2 rings (SSSR count). The van der Waals surface area contributed by atoms with Crippen LogP contribution in [0, 0.1) is 5.92 Å². The molecule has 10 heteroatoms. The number of carbonyl (C=O) groups is 3. The summed E-state index contributed by atoms with van der Waals surface area (Å²) in [6.07, 6.45) is -0.142. The summed E-state index contributed by atoms with van der Waals surface area (Å²) in [6.45, 7) is 3.95. The summed E-state index contributed by atoms with van der Waals surface area (Å²) in [5.74, 6) is -0.978. The van der Waals surface area contributed by atoms with Gasteiger partial charge < -0.3 is 29.4 Å². The first kappa shape index (κ1) is 28.9. The van der Waals surface area contributed by atoms with Crippen molar-refractivity contribution < 1.29 is 33.2 Å². The molecule has 2 N–H and O–H groups in total. The Labute approximate surface area is 213 Å². The van der Waals surface area contributed by atoms with E-state index < -0.39 is 37.2 Å². The third kappa shape index (κ3) is 9.35. The number of alkyl carbamates (subject to hydrolysis) is 1. The highest BCUT2D eigenvalue weighted by molar-refractivity contribution is 6.61. The standard InChI is InChI=1S/C26H35BN2O7/c1-18(2)15-22(29-26(32)36-17-20-9-7-6-8-10-20)24(30)28-23(25(31)33-3)16-19-11-13-21(14-12-19)27(34-4)35-5/h6-14,18,22-23H,15-17H2,1-5H3,(H,28,30)(H,29,32)/t22-,23+/m0/s1. The largest absolute Gasteiger partial charge is 0.493 e. The zero-order valence-corrected chi connectivity index (χ0v) is 21.5. The molecule has 0 spiro atoms. The van der Waals surface area contributed by atoms with E-state index in [-0.39, 0.29) is 18.9 Å². The average molecular weight is 498 g/mol. The van der Waals surface area contributed by atoms with Crippen LogP contribution in [0.5, 0.6) is 0 Å². The molecule has 0 radical (unpaired) electrons. The van der Waals surface area contributed by atoms with Crippen molar-refractivity contribution in [1.29, 1.82) is 0 Å². The van der Waals surface area contributed by atoms with Gasteiger partial charge in [0.25, 0.3) is 0 Å². The van der Waals surface area contributed by atoms with Crippen LogP contribution < -0.4 is 16.1 Å². The van der Waals surface area contributed by atoms with Crippen molar-refractivity contribution in [3.8, 4) is 0 Å². The first-order chi connectivity index (χ1) is 17.3. The Morgan fingerprint density at radius 2 is 1.47 bits per heavy atom. The molecule has 194 valence electrons. The summed E-state index contributed by atoms with van der Waals surface area (Å²) in [5.41, 5.74) is 2.45. The minimum atomic E-state index is -0.939. The van der Waals surface area contributed by atoms with Crippen molar-refractivity contribution in [2.24, 2.45) is 5.92 Å². The fourth-order valence-electron chi connectivity index (χ4n) is 3.63. The first-order valence-electron chi connectivity index (χ1n) is 11.8. The molecule has 2 aromatic carbocycles. The number of rotatable bonds is 13. The molecule has 0 aromatic heterocycles. The van der Waals surface area contributed by atoms with Gasteiger partial charge in [-0.1, -0.05) is 68.4 Å². The van der Waals surface area contributed by atoms with Crippen LogP contribution in [0.15, 0.2) is 54.6 Å². The van der Waals surface area contributed by atoms with Crippen molar-refractivity contribution in [1.82, 2.24) is 10.6 Å². The summed E-state index contributed by atoms with van der Waals surface area (Å²) >= 11 is 0. The van der Waals surface area contributed by atoms with Crippen LogP contribution >= 0.6 is 0 Å². The fourth-order valence-corrected chi connectivity index (χ4v) is 3.63. The van der Waals surface area contributed by atoms with E-state index in [0.717, 1.165) is 16.6 Å². The van der Waals surface area contributed by atoms with Gasteiger partial charge >= 0.3 is 19.2 Å². The Morgan fingerprint density at radius 3 is 2.03 bits per heavy atom. The quantitative estimate of drug-likeness (QED) is 0.322. The lowest BCUT2D eigenvalue weighted by atomic mass is 9.78. The molecule has 0 bridgehead atoms. The zero-order chi connectivity index (χ0) is 26.5. The predicted molar refractivity (Wildman–Crippen MR) is 137 cm³/mol. The number of benzene rings is 2. The molecule has 9 nitrogen and oxygen atoms in total. The second-order valence-corrected chi connectivity index (χ2v) is 8.72. The molecule has 0 saturated heterocycles. The SMILES string of the molecule is COB(OC)c1ccc(C[C@@H](NC(=O)[C@H](CC(C)C)NC(=O)OCc2ccccc2)C(=O)OC)cc1. The number of ether oxygens (including phenoxy) is 2. The highest BCUT2D eigenvalue weighted by Gasteiger charge is 2.29. The third-order valence-corrected chi connectivity index (χ3v) is 5.45. The lowest BCUT2D eigenvalue weighted by Gasteiger charge is -2.23. The fraction of sp³-hybridized carbons (Fsp3) is 0.423. The van der Waals surface area contributed by atoms with E-state index in [9.17, 15) is 14.4 Å². The van der Waals surface area contributed by atoms with Crippen molar-refractivity contribution in [2.45, 2.75) is 45.4 Å². The smallest absolute Gasteiger partial charge is 0.467 e. The Bertz CT molecular complexity index is 966.